The molecule has 0 amide bonds. The Kier molecular flexibility index (Phi) is 3.41. The summed E-state index contributed by atoms with van der Waals surface area (Å²) in [5, 5.41) is 65.4. The third kappa shape index (κ3) is 2.16. The summed E-state index contributed by atoms with van der Waals surface area (Å²) in [7, 11) is 0. The van der Waals surface area contributed by atoms with Gasteiger partial charge in [0.2, 0.25) is 5.75 Å². The topological polar surface area (TPSA) is 162 Å². The first kappa shape index (κ1) is 14.8. The van der Waals surface area contributed by atoms with E-state index in [4.69, 9.17) is 5.26 Å². The fraction of sp³-hybridized carbons (Fsp3) is 0. The zero-order valence-corrected chi connectivity index (χ0v) is 10.8. The quantitative estimate of drug-likeness (QED) is 0.354. The smallest absolute Gasteiger partial charge is 0.202 e. The number of ketones is 1. The van der Waals surface area contributed by atoms with E-state index in [1.807, 2.05) is 0 Å². The first-order valence-corrected chi connectivity index (χ1v) is 5.75. The molecule has 2 aromatic rings. The summed E-state index contributed by atoms with van der Waals surface area (Å²) in [6.07, 6.45) is 0. The van der Waals surface area contributed by atoms with Crippen LogP contribution < -0.4 is 0 Å². The molecule has 112 valence electrons. The Morgan fingerprint density at radius 1 is 0.818 bits per heavy atom. The Bertz CT molecular complexity index is 813. The maximum absolute atomic E-state index is 12.2. The number of rotatable bonds is 2. The molecule has 6 N–H and O–H groups in total. The van der Waals surface area contributed by atoms with Crippen molar-refractivity contribution in [2.75, 3.05) is 0 Å². The molecule has 0 bridgehead atoms. The van der Waals surface area contributed by atoms with Crippen LogP contribution in [0.1, 0.15) is 21.5 Å². The number of carbonyl (C=O) groups is 1. The third-order valence-corrected chi connectivity index (χ3v) is 2.94. The molecule has 0 fully saturated rings. The summed E-state index contributed by atoms with van der Waals surface area (Å²) in [6.45, 7) is 0. The van der Waals surface area contributed by atoms with Gasteiger partial charge < -0.3 is 30.6 Å². The molecule has 0 aliphatic rings. The second-order valence-electron chi connectivity index (χ2n) is 4.32. The lowest BCUT2D eigenvalue weighted by atomic mass is 9.98. The fourth-order valence-electron chi connectivity index (χ4n) is 1.80. The van der Waals surface area contributed by atoms with Crippen LogP contribution >= 0.6 is 0 Å². The predicted octanol–water partition coefficient (Wildman–Crippen LogP) is 1.02. The van der Waals surface area contributed by atoms with Gasteiger partial charge in [0.1, 0.15) is 6.07 Å². The average Bonchev–Trinajstić information content (AvgIpc) is 2.49. The molecule has 0 atom stereocenters. The summed E-state index contributed by atoms with van der Waals surface area (Å²) < 4.78 is 0. The minimum absolute atomic E-state index is 0.322. The molecule has 0 spiro atoms. The first-order valence-electron chi connectivity index (χ1n) is 5.75. The number of nitrogens with zero attached hydrogens (tertiary/aromatic N) is 1. The van der Waals surface area contributed by atoms with Crippen molar-refractivity contribution in [1.29, 1.82) is 5.26 Å². The Morgan fingerprint density at radius 3 is 1.86 bits per heavy atom. The number of hydrogen-bond acceptors (Lipinski definition) is 8. The zero-order valence-electron chi connectivity index (χ0n) is 10.8. The van der Waals surface area contributed by atoms with Crippen LogP contribution in [-0.4, -0.2) is 36.4 Å². The van der Waals surface area contributed by atoms with Crippen molar-refractivity contribution in [3.8, 4) is 40.6 Å². The van der Waals surface area contributed by atoms with Gasteiger partial charge in [-0.3, -0.25) is 4.79 Å². The highest BCUT2D eigenvalue weighted by atomic mass is 16.3. The van der Waals surface area contributed by atoms with Crippen LogP contribution in [0.3, 0.4) is 0 Å². The second-order valence-corrected chi connectivity index (χ2v) is 4.32. The molecule has 0 aromatic heterocycles. The molecule has 8 nitrogen and oxygen atoms in total. The van der Waals surface area contributed by atoms with Crippen LogP contribution in [0.4, 0.5) is 0 Å². The molecular formula is C14H9NO7. The molecular weight excluding hydrogens is 294 g/mol. The molecule has 0 saturated heterocycles. The lowest BCUT2D eigenvalue weighted by Gasteiger charge is -2.09. The molecule has 22 heavy (non-hydrogen) atoms. The average molecular weight is 303 g/mol. The molecule has 0 aliphatic heterocycles. The largest absolute Gasteiger partial charge is 0.504 e. The van der Waals surface area contributed by atoms with Gasteiger partial charge >= 0.3 is 0 Å². The van der Waals surface area contributed by atoms with E-state index < -0.39 is 51.4 Å². The van der Waals surface area contributed by atoms with Gasteiger partial charge in [0.05, 0.1) is 11.1 Å². The summed E-state index contributed by atoms with van der Waals surface area (Å²) >= 11 is 0. The number of phenolic OH excluding ortho intramolecular Hbond substituents is 6. The van der Waals surface area contributed by atoms with E-state index in [2.05, 4.69) is 0 Å². The van der Waals surface area contributed by atoms with Crippen LogP contribution in [0.25, 0.3) is 0 Å². The molecule has 0 aliphatic carbocycles. The van der Waals surface area contributed by atoms with Crippen molar-refractivity contribution in [3.63, 3.8) is 0 Å². The standard InChI is InChI=1S/C14H9NO7/c15-4-6-1-7(12(20)14(22)11(6)19)10(18)5-2-8(16)13(21)9(17)3-5/h1-3,16-17,19-22H. The van der Waals surface area contributed by atoms with E-state index in [9.17, 15) is 35.4 Å². The first-order chi connectivity index (χ1) is 10.3. The third-order valence-electron chi connectivity index (χ3n) is 2.94. The highest BCUT2D eigenvalue weighted by Gasteiger charge is 2.23. The van der Waals surface area contributed by atoms with E-state index >= 15 is 0 Å². The van der Waals surface area contributed by atoms with Gasteiger partial charge in [-0.1, -0.05) is 0 Å². The van der Waals surface area contributed by atoms with Crippen molar-refractivity contribution < 1.29 is 35.4 Å². The minimum Gasteiger partial charge on any atom is -0.504 e. The van der Waals surface area contributed by atoms with Crippen LogP contribution in [0.2, 0.25) is 0 Å². The minimum atomic E-state index is -1.05. The van der Waals surface area contributed by atoms with E-state index in [1.54, 1.807) is 0 Å². The van der Waals surface area contributed by atoms with Gasteiger partial charge in [-0.25, -0.2) is 0 Å². The summed E-state index contributed by atoms with van der Waals surface area (Å²) in [6, 6.07) is 4.02. The predicted molar refractivity (Wildman–Crippen MR) is 71.0 cm³/mol. The zero-order chi connectivity index (χ0) is 16.6. The monoisotopic (exact) mass is 303 g/mol. The van der Waals surface area contributed by atoms with Gasteiger partial charge in [-0.15, -0.1) is 0 Å². The number of nitriles is 1. The summed E-state index contributed by atoms with van der Waals surface area (Å²) in [4.78, 5) is 12.2. The van der Waals surface area contributed by atoms with E-state index in [0.717, 1.165) is 18.2 Å². The molecule has 2 rings (SSSR count). The summed E-state index contributed by atoms with van der Waals surface area (Å²) in [5.74, 6) is -6.23. The second kappa shape index (κ2) is 5.06. The number of benzene rings is 2. The van der Waals surface area contributed by atoms with Crippen LogP contribution in [0.15, 0.2) is 18.2 Å². The Morgan fingerprint density at radius 2 is 1.36 bits per heavy atom. The molecule has 2 aromatic carbocycles. The number of aromatic hydroxyl groups is 6. The van der Waals surface area contributed by atoms with Gasteiger partial charge in [-0.2, -0.15) is 5.26 Å². The van der Waals surface area contributed by atoms with Crippen molar-refractivity contribution in [2.45, 2.75) is 0 Å². The Balaban J connectivity index is 2.65. The number of phenols is 6. The van der Waals surface area contributed by atoms with Crippen LogP contribution in [0.5, 0.6) is 34.5 Å². The maximum Gasteiger partial charge on any atom is 0.202 e. The Labute approximate surface area is 123 Å². The lowest BCUT2D eigenvalue weighted by Crippen LogP contribution is -2.03. The van der Waals surface area contributed by atoms with E-state index in [0.29, 0.717) is 0 Å². The molecule has 0 saturated carbocycles. The normalized spacial score (nSPS) is 10.1. The van der Waals surface area contributed by atoms with Crippen molar-refractivity contribution >= 4 is 5.78 Å². The van der Waals surface area contributed by atoms with Crippen LogP contribution in [0, 0.1) is 11.3 Å². The van der Waals surface area contributed by atoms with Crippen molar-refractivity contribution in [3.05, 3.63) is 34.9 Å². The lowest BCUT2D eigenvalue weighted by molar-refractivity contribution is 0.103. The number of hydrogen-bond donors (Lipinski definition) is 6. The van der Waals surface area contributed by atoms with E-state index in [-0.39, 0.29) is 5.56 Å². The molecule has 0 radical (unpaired) electrons. The number of carbonyl (C=O) groups excluding carboxylic acids is 1. The van der Waals surface area contributed by atoms with E-state index in [1.165, 1.54) is 6.07 Å². The fourth-order valence-corrected chi connectivity index (χ4v) is 1.80. The molecule has 8 heteroatoms. The highest BCUT2D eigenvalue weighted by molar-refractivity contribution is 6.12. The van der Waals surface area contributed by atoms with Gasteiger partial charge in [-0.05, 0) is 18.2 Å². The molecule has 0 unspecified atom stereocenters. The molecule has 0 heterocycles. The van der Waals surface area contributed by atoms with Crippen molar-refractivity contribution in [1.82, 2.24) is 0 Å². The van der Waals surface area contributed by atoms with Crippen molar-refractivity contribution in [2.24, 2.45) is 0 Å². The highest BCUT2D eigenvalue weighted by Crippen LogP contribution is 2.42. The van der Waals surface area contributed by atoms with Gasteiger partial charge in [0, 0.05) is 5.56 Å². The van der Waals surface area contributed by atoms with Gasteiger partial charge in [0.25, 0.3) is 0 Å². The summed E-state index contributed by atoms with van der Waals surface area (Å²) in [5.41, 5.74) is -1.31. The SMILES string of the molecule is N#Cc1cc(C(=O)c2cc(O)c(O)c(O)c2)c(O)c(O)c1O. The Hall–Kier alpha value is -3.60. The van der Waals surface area contributed by atoms with Crippen LogP contribution in [-0.2, 0) is 0 Å². The maximum atomic E-state index is 12.2. The van der Waals surface area contributed by atoms with Gasteiger partial charge in [0.15, 0.2) is 34.5 Å².